The Hall–Kier alpha value is -3.14. The quantitative estimate of drug-likeness (QED) is 0.538. The predicted octanol–water partition coefficient (Wildman–Crippen LogP) is 5.54. The smallest absolute Gasteiger partial charge is 0.335 e. The largest absolute Gasteiger partial charge is 0.492 e. The molecular weight excluding hydrogens is 376 g/mol. The number of carbonyl (C=O) groups is 2. The van der Waals surface area contributed by atoms with E-state index < -0.39 is 5.97 Å². The lowest BCUT2D eigenvalue weighted by Crippen LogP contribution is -2.23. The lowest BCUT2D eigenvalue weighted by atomic mass is 9.90. The Bertz CT molecular complexity index is 1050. The molecular formula is C26H26O4. The summed E-state index contributed by atoms with van der Waals surface area (Å²) < 4.78 is 6.12. The molecule has 0 unspecified atom stereocenters. The second-order valence-electron chi connectivity index (χ2n) is 8.06. The molecule has 0 aromatic heterocycles. The SMILES string of the molecule is O=C(O)c1cccc(CCC[C@H]2CCC(=O)[C@@H]2COc2cccc3ccccc23)c1. The van der Waals surface area contributed by atoms with Gasteiger partial charge in [0.05, 0.1) is 18.1 Å². The molecule has 2 atom stereocenters. The number of ketones is 1. The Morgan fingerprint density at radius 1 is 1.03 bits per heavy atom. The minimum atomic E-state index is -0.899. The van der Waals surface area contributed by atoms with E-state index in [4.69, 9.17) is 9.84 Å². The Labute approximate surface area is 176 Å². The van der Waals surface area contributed by atoms with Gasteiger partial charge in [0.2, 0.25) is 0 Å². The minimum Gasteiger partial charge on any atom is -0.492 e. The molecule has 4 rings (SSSR count). The van der Waals surface area contributed by atoms with Gasteiger partial charge in [0, 0.05) is 11.8 Å². The molecule has 1 aliphatic carbocycles. The molecule has 4 nitrogen and oxygen atoms in total. The van der Waals surface area contributed by atoms with Gasteiger partial charge >= 0.3 is 5.97 Å². The van der Waals surface area contributed by atoms with Crippen molar-refractivity contribution < 1.29 is 19.4 Å². The fraction of sp³-hybridized carbons (Fsp3) is 0.308. The van der Waals surface area contributed by atoms with Crippen LogP contribution in [0.25, 0.3) is 10.8 Å². The van der Waals surface area contributed by atoms with Gasteiger partial charge in [0.25, 0.3) is 0 Å². The summed E-state index contributed by atoms with van der Waals surface area (Å²) in [4.78, 5) is 23.6. The topological polar surface area (TPSA) is 63.6 Å². The van der Waals surface area contributed by atoms with Crippen LogP contribution in [-0.2, 0) is 11.2 Å². The molecule has 1 aliphatic rings. The predicted molar refractivity (Wildman–Crippen MR) is 117 cm³/mol. The Morgan fingerprint density at radius 3 is 2.70 bits per heavy atom. The second-order valence-corrected chi connectivity index (χ2v) is 8.06. The Balaban J connectivity index is 1.35. The Kier molecular flexibility index (Phi) is 6.12. The van der Waals surface area contributed by atoms with Gasteiger partial charge in [0.15, 0.2) is 0 Å². The van der Waals surface area contributed by atoms with Crippen molar-refractivity contribution in [2.45, 2.75) is 32.1 Å². The van der Waals surface area contributed by atoms with E-state index in [9.17, 15) is 9.59 Å². The number of fused-ring (bicyclic) bond motifs is 1. The normalized spacial score (nSPS) is 18.6. The van der Waals surface area contributed by atoms with Crippen molar-refractivity contribution in [2.24, 2.45) is 11.8 Å². The van der Waals surface area contributed by atoms with Crippen LogP contribution in [-0.4, -0.2) is 23.5 Å². The highest BCUT2D eigenvalue weighted by Crippen LogP contribution is 2.34. The zero-order chi connectivity index (χ0) is 20.9. The van der Waals surface area contributed by atoms with Gasteiger partial charge in [-0.3, -0.25) is 4.79 Å². The molecule has 3 aromatic carbocycles. The number of carbonyl (C=O) groups excluding carboxylic acids is 1. The Morgan fingerprint density at radius 2 is 1.83 bits per heavy atom. The summed E-state index contributed by atoms with van der Waals surface area (Å²) in [6.07, 6.45) is 4.25. The molecule has 30 heavy (non-hydrogen) atoms. The van der Waals surface area contributed by atoms with Crippen LogP contribution in [0.4, 0.5) is 0 Å². The molecule has 1 fully saturated rings. The fourth-order valence-electron chi connectivity index (χ4n) is 4.48. The van der Waals surface area contributed by atoms with Crippen LogP contribution in [0.2, 0.25) is 0 Å². The highest BCUT2D eigenvalue weighted by Gasteiger charge is 2.34. The van der Waals surface area contributed by atoms with Gasteiger partial charge in [-0.25, -0.2) is 4.79 Å². The van der Waals surface area contributed by atoms with E-state index in [1.165, 1.54) is 0 Å². The monoisotopic (exact) mass is 402 g/mol. The summed E-state index contributed by atoms with van der Waals surface area (Å²) in [6.45, 7) is 0.423. The van der Waals surface area contributed by atoms with Crippen LogP contribution in [0.1, 0.15) is 41.6 Å². The number of hydrogen-bond acceptors (Lipinski definition) is 3. The van der Waals surface area contributed by atoms with Crippen molar-refractivity contribution in [1.29, 1.82) is 0 Å². The number of hydrogen-bond donors (Lipinski definition) is 1. The van der Waals surface area contributed by atoms with E-state index in [0.29, 0.717) is 30.3 Å². The number of aromatic carboxylic acids is 1. The highest BCUT2D eigenvalue weighted by molar-refractivity contribution is 5.88. The first-order valence-corrected chi connectivity index (χ1v) is 10.6. The molecule has 0 heterocycles. The van der Waals surface area contributed by atoms with Crippen LogP contribution in [0.3, 0.4) is 0 Å². The van der Waals surface area contributed by atoms with Crippen LogP contribution >= 0.6 is 0 Å². The fourth-order valence-corrected chi connectivity index (χ4v) is 4.48. The van der Waals surface area contributed by atoms with E-state index in [1.807, 2.05) is 36.4 Å². The number of rotatable bonds is 8. The van der Waals surface area contributed by atoms with Gasteiger partial charge in [-0.15, -0.1) is 0 Å². The standard InChI is InChI=1S/C26H26O4/c27-24-15-14-20(9-3-6-18-7-4-11-21(16-18)26(28)29)23(24)17-30-25-13-5-10-19-8-1-2-12-22(19)25/h1-2,4-5,7-8,10-13,16,20,23H,3,6,9,14-15,17H2,(H,28,29)/t20-,23+/m0/s1. The molecule has 154 valence electrons. The van der Waals surface area contributed by atoms with E-state index in [1.54, 1.807) is 18.2 Å². The summed E-state index contributed by atoms with van der Waals surface area (Å²) in [5, 5.41) is 11.3. The van der Waals surface area contributed by atoms with Gasteiger partial charge in [-0.05, 0) is 60.7 Å². The second kappa shape index (κ2) is 9.12. The number of ether oxygens (including phenoxy) is 1. The zero-order valence-corrected chi connectivity index (χ0v) is 16.9. The van der Waals surface area contributed by atoms with Crippen molar-refractivity contribution in [3.05, 3.63) is 77.9 Å². The van der Waals surface area contributed by atoms with Crippen LogP contribution in [0, 0.1) is 11.8 Å². The molecule has 0 amide bonds. The summed E-state index contributed by atoms with van der Waals surface area (Å²) in [5.74, 6) is 0.499. The van der Waals surface area contributed by atoms with Crippen molar-refractivity contribution in [3.63, 3.8) is 0 Å². The number of benzene rings is 3. The maximum Gasteiger partial charge on any atom is 0.335 e. The van der Waals surface area contributed by atoms with Crippen LogP contribution in [0.5, 0.6) is 5.75 Å². The van der Waals surface area contributed by atoms with Crippen LogP contribution < -0.4 is 4.74 Å². The highest BCUT2D eigenvalue weighted by atomic mass is 16.5. The third kappa shape index (κ3) is 4.54. The number of Topliss-reactive ketones (excluding diaryl/α,β-unsaturated/α-hetero) is 1. The number of carboxylic acids is 1. The average molecular weight is 402 g/mol. The van der Waals surface area contributed by atoms with Gasteiger partial charge < -0.3 is 9.84 Å². The van der Waals surface area contributed by atoms with Crippen molar-refractivity contribution in [3.8, 4) is 5.75 Å². The zero-order valence-electron chi connectivity index (χ0n) is 16.9. The molecule has 1 N–H and O–H groups in total. The number of carboxylic acid groups (broad SMARTS) is 1. The van der Waals surface area contributed by atoms with E-state index >= 15 is 0 Å². The minimum absolute atomic E-state index is 0.0608. The summed E-state index contributed by atoms with van der Waals surface area (Å²) >= 11 is 0. The molecule has 0 bridgehead atoms. The third-order valence-corrected chi connectivity index (χ3v) is 6.13. The lowest BCUT2D eigenvalue weighted by molar-refractivity contribution is -0.122. The van der Waals surface area contributed by atoms with E-state index in [2.05, 4.69) is 12.1 Å². The molecule has 1 saturated carbocycles. The van der Waals surface area contributed by atoms with E-state index in [0.717, 1.165) is 47.8 Å². The van der Waals surface area contributed by atoms with Gasteiger partial charge in [-0.2, -0.15) is 0 Å². The molecule has 4 heteroatoms. The van der Waals surface area contributed by atoms with Crippen LogP contribution in [0.15, 0.2) is 66.7 Å². The number of aryl methyl sites for hydroxylation is 1. The summed E-state index contributed by atoms with van der Waals surface area (Å²) in [5.41, 5.74) is 1.35. The molecule has 0 spiro atoms. The molecule has 3 aromatic rings. The lowest BCUT2D eigenvalue weighted by Gasteiger charge is -2.19. The third-order valence-electron chi connectivity index (χ3n) is 6.13. The molecule has 0 saturated heterocycles. The average Bonchev–Trinajstić information content (AvgIpc) is 3.11. The van der Waals surface area contributed by atoms with Gasteiger partial charge in [0.1, 0.15) is 11.5 Å². The first-order chi connectivity index (χ1) is 14.6. The van der Waals surface area contributed by atoms with Crippen molar-refractivity contribution in [1.82, 2.24) is 0 Å². The van der Waals surface area contributed by atoms with E-state index in [-0.39, 0.29) is 5.92 Å². The summed E-state index contributed by atoms with van der Waals surface area (Å²) in [6, 6.07) is 21.2. The van der Waals surface area contributed by atoms with Gasteiger partial charge in [-0.1, -0.05) is 48.5 Å². The maximum absolute atomic E-state index is 12.5. The van der Waals surface area contributed by atoms with Crippen molar-refractivity contribution >= 4 is 22.5 Å². The molecule has 0 radical (unpaired) electrons. The van der Waals surface area contributed by atoms with Crippen molar-refractivity contribution in [2.75, 3.05) is 6.61 Å². The first kappa shape index (κ1) is 20.1. The molecule has 0 aliphatic heterocycles. The first-order valence-electron chi connectivity index (χ1n) is 10.6. The summed E-state index contributed by atoms with van der Waals surface area (Å²) in [7, 11) is 0. The maximum atomic E-state index is 12.5.